The molecule has 0 saturated heterocycles. The Labute approximate surface area is 122 Å². The van der Waals surface area contributed by atoms with Gasteiger partial charge < -0.3 is 5.32 Å². The highest BCUT2D eigenvalue weighted by Gasteiger charge is 2.05. The average Bonchev–Trinajstić information content (AvgIpc) is 2.42. The van der Waals surface area contributed by atoms with Gasteiger partial charge in [0, 0.05) is 12.2 Å². The number of anilines is 1. The number of aryl methyl sites for hydroxylation is 1. The van der Waals surface area contributed by atoms with Gasteiger partial charge in [0.1, 0.15) is 0 Å². The molecular formula is C15H12Cl2N2. The molecule has 0 unspecified atom stereocenters. The second-order valence-corrected chi connectivity index (χ2v) is 4.99. The van der Waals surface area contributed by atoms with Crippen LogP contribution < -0.4 is 5.32 Å². The van der Waals surface area contributed by atoms with E-state index in [-0.39, 0.29) is 0 Å². The summed E-state index contributed by atoms with van der Waals surface area (Å²) in [6, 6.07) is 13.2. The Morgan fingerprint density at radius 1 is 1.21 bits per heavy atom. The Morgan fingerprint density at radius 2 is 2.00 bits per heavy atom. The molecule has 19 heavy (non-hydrogen) atoms. The van der Waals surface area contributed by atoms with Gasteiger partial charge in [-0.05, 0) is 36.2 Å². The van der Waals surface area contributed by atoms with Crippen molar-refractivity contribution in [2.24, 2.45) is 0 Å². The van der Waals surface area contributed by atoms with Gasteiger partial charge >= 0.3 is 0 Å². The van der Waals surface area contributed by atoms with Crippen LogP contribution in [0.15, 0.2) is 36.4 Å². The summed E-state index contributed by atoms with van der Waals surface area (Å²) in [7, 11) is 0. The number of hydrogen-bond acceptors (Lipinski definition) is 2. The van der Waals surface area contributed by atoms with E-state index in [0.717, 1.165) is 16.8 Å². The van der Waals surface area contributed by atoms with Crippen LogP contribution in [0.2, 0.25) is 10.0 Å². The van der Waals surface area contributed by atoms with Gasteiger partial charge in [0.15, 0.2) is 0 Å². The smallest absolute Gasteiger partial charge is 0.0992 e. The fourth-order valence-electron chi connectivity index (χ4n) is 1.76. The lowest BCUT2D eigenvalue weighted by Gasteiger charge is -2.11. The first kappa shape index (κ1) is 13.7. The maximum atomic E-state index is 8.90. The molecule has 0 saturated carbocycles. The third-order valence-electron chi connectivity index (χ3n) is 2.87. The van der Waals surface area contributed by atoms with E-state index in [1.165, 1.54) is 0 Å². The lowest BCUT2D eigenvalue weighted by molar-refractivity contribution is 1.14. The molecule has 2 rings (SSSR count). The minimum absolute atomic E-state index is 0.545. The van der Waals surface area contributed by atoms with Crippen molar-refractivity contribution >= 4 is 28.9 Å². The van der Waals surface area contributed by atoms with Gasteiger partial charge in [-0.2, -0.15) is 5.26 Å². The summed E-state index contributed by atoms with van der Waals surface area (Å²) in [4.78, 5) is 0. The van der Waals surface area contributed by atoms with Crippen molar-refractivity contribution in [3.63, 3.8) is 0 Å². The topological polar surface area (TPSA) is 35.8 Å². The normalized spacial score (nSPS) is 10.0. The van der Waals surface area contributed by atoms with Gasteiger partial charge in [0.05, 0.1) is 21.7 Å². The average molecular weight is 291 g/mol. The predicted octanol–water partition coefficient (Wildman–Crippen LogP) is 4.79. The van der Waals surface area contributed by atoms with E-state index in [4.69, 9.17) is 28.5 Å². The van der Waals surface area contributed by atoms with Crippen molar-refractivity contribution < 1.29 is 0 Å². The van der Waals surface area contributed by atoms with Crippen LogP contribution in [0.4, 0.5) is 5.69 Å². The molecule has 1 N–H and O–H groups in total. The van der Waals surface area contributed by atoms with Gasteiger partial charge in [0.2, 0.25) is 0 Å². The second kappa shape index (κ2) is 5.97. The quantitative estimate of drug-likeness (QED) is 0.882. The number of nitriles is 1. The number of benzene rings is 2. The van der Waals surface area contributed by atoms with Crippen LogP contribution in [0, 0.1) is 18.3 Å². The Balaban J connectivity index is 2.19. The molecule has 96 valence electrons. The van der Waals surface area contributed by atoms with E-state index >= 15 is 0 Å². The van der Waals surface area contributed by atoms with Crippen molar-refractivity contribution in [2.75, 3.05) is 5.32 Å². The molecule has 0 aliphatic heterocycles. The lowest BCUT2D eigenvalue weighted by atomic mass is 10.1. The largest absolute Gasteiger partial charge is 0.381 e. The van der Waals surface area contributed by atoms with Gasteiger partial charge in [0.25, 0.3) is 0 Å². The van der Waals surface area contributed by atoms with Crippen LogP contribution in [0.5, 0.6) is 0 Å². The summed E-state index contributed by atoms with van der Waals surface area (Å²) in [5, 5.41) is 13.3. The summed E-state index contributed by atoms with van der Waals surface area (Å²) < 4.78 is 0. The second-order valence-electron chi connectivity index (χ2n) is 4.21. The molecule has 0 aliphatic rings. The Kier molecular flexibility index (Phi) is 4.31. The minimum Gasteiger partial charge on any atom is -0.381 e. The summed E-state index contributed by atoms with van der Waals surface area (Å²) in [5.41, 5.74) is 3.56. The number of halogens is 2. The molecule has 0 heterocycles. The van der Waals surface area contributed by atoms with Crippen molar-refractivity contribution in [2.45, 2.75) is 13.5 Å². The molecule has 2 aromatic rings. The predicted molar refractivity (Wildman–Crippen MR) is 79.7 cm³/mol. The highest BCUT2D eigenvalue weighted by Crippen LogP contribution is 2.26. The molecule has 0 spiro atoms. The Morgan fingerprint density at radius 3 is 2.74 bits per heavy atom. The van der Waals surface area contributed by atoms with Crippen molar-refractivity contribution in [3.05, 3.63) is 63.1 Å². The van der Waals surface area contributed by atoms with Crippen molar-refractivity contribution in [1.29, 1.82) is 5.26 Å². The van der Waals surface area contributed by atoms with E-state index in [0.29, 0.717) is 22.2 Å². The third-order valence-corrected chi connectivity index (χ3v) is 3.73. The summed E-state index contributed by atoms with van der Waals surface area (Å²) >= 11 is 12.1. The first-order valence-corrected chi connectivity index (χ1v) is 6.55. The van der Waals surface area contributed by atoms with Crippen molar-refractivity contribution in [3.8, 4) is 6.07 Å². The van der Waals surface area contributed by atoms with E-state index in [2.05, 4.69) is 11.4 Å². The fraction of sp³-hybridized carbons (Fsp3) is 0.133. The van der Waals surface area contributed by atoms with Crippen molar-refractivity contribution in [1.82, 2.24) is 0 Å². The first-order chi connectivity index (χ1) is 9.11. The maximum absolute atomic E-state index is 8.90. The summed E-state index contributed by atoms with van der Waals surface area (Å²) in [6.07, 6.45) is 0. The molecule has 0 amide bonds. The molecule has 0 radical (unpaired) electrons. The zero-order valence-corrected chi connectivity index (χ0v) is 11.9. The molecular weight excluding hydrogens is 279 g/mol. The maximum Gasteiger partial charge on any atom is 0.0992 e. The van der Waals surface area contributed by atoms with Crippen LogP contribution in [-0.4, -0.2) is 0 Å². The monoisotopic (exact) mass is 290 g/mol. The van der Waals surface area contributed by atoms with Gasteiger partial charge in [-0.15, -0.1) is 0 Å². The Hall–Kier alpha value is -1.69. The standard InChI is InChI=1S/C15H12Cl2N2/c1-10-5-6-11(8-18)7-14(10)19-9-12-3-2-4-13(16)15(12)17/h2-7,19H,9H2,1H3. The van der Waals surface area contributed by atoms with Gasteiger partial charge in [-0.25, -0.2) is 0 Å². The highest BCUT2D eigenvalue weighted by atomic mass is 35.5. The molecule has 2 nitrogen and oxygen atoms in total. The minimum atomic E-state index is 0.545. The SMILES string of the molecule is Cc1ccc(C#N)cc1NCc1cccc(Cl)c1Cl. The van der Waals surface area contributed by atoms with E-state index in [1.54, 1.807) is 12.1 Å². The molecule has 4 heteroatoms. The summed E-state index contributed by atoms with van der Waals surface area (Å²) in [5.74, 6) is 0. The van der Waals surface area contributed by atoms with E-state index < -0.39 is 0 Å². The van der Waals surface area contributed by atoms with E-state index in [9.17, 15) is 0 Å². The Bertz CT molecular complexity index is 645. The molecule has 2 aromatic carbocycles. The van der Waals surface area contributed by atoms with Gasteiger partial charge in [-0.3, -0.25) is 0 Å². The van der Waals surface area contributed by atoms with Crippen LogP contribution in [0.3, 0.4) is 0 Å². The molecule has 0 bridgehead atoms. The highest BCUT2D eigenvalue weighted by molar-refractivity contribution is 6.42. The first-order valence-electron chi connectivity index (χ1n) is 5.79. The third kappa shape index (κ3) is 3.20. The number of nitrogens with one attached hydrogen (secondary N) is 1. The fourth-order valence-corrected chi connectivity index (χ4v) is 2.14. The molecule has 0 aromatic heterocycles. The molecule has 0 atom stereocenters. The van der Waals surface area contributed by atoms with Crippen LogP contribution in [0.1, 0.15) is 16.7 Å². The van der Waals surface area contributed by atoms with Crippen LogP contribution in [-0.2, 0) is 6.54 Å². The molecule has 0 aliphatic carbocycles. The zero-order chi connectivity index (χ0) is 13.8. The zero-order valence-electron chi connectivity index (χ0n) is 10.4. The van der Waals surface area contributed by atoms with E-state index in [1.807, 2.05) is 31.2 Å². The summed E-state index contributed by atoms with van der Waals surface area (Å²) in [6.45, 7) is 2.55. The number of hydrogen-bond donors (Lipinski definition) is 1. The van der Waals surface area contributed by atoms with Crippen LogP contribution >= 0.6 is 23.2 Å². The lowest BCUT2D eigenvalue weighted by Crippen LogP contribution is -2.02. The number of rotatable bonds is 3. The molecule has 0 fully saturated rings. The van der Waals surface area contributed by atoms with Crippen LogP contribution in [0.25, 0.3) is 0 Å². The van der Waals surface area contributed by atoms with Gasteiger partial charge in [-0.1, -0.05) is 41.4 Å². The number of nitrogens with zero attached hydrogens (tertiary/aromatic N) is 1.